The van der Waals surface area contributed by atoms with Gasteiger partial charge in [0.1, 0.15) is 0 Å². The molecule has 0 fully saturated rings. The van der Waals surface area contributed by atoms with Crippen molar-refractivity contribution in [3.05, 3.63) is 36.0 Å². The summed E-state index contributed by atoms with van der Waals surface area (Å²) in [4.78, 5) is 0. The summed E-state index contributed by atoms with van der Waals surface area (Å²) in [5.74, 6) is -1.01. The van der Waals surface area contributed by atoms with E-state index < -0.39 is 56.1 Å². The van der Waals surface area contributed by atoms with E-state index in [1.165, 1.54) is 0 Å². The molecule has 0 rings (SSSR count). The third-order valence-corrected chi connectivity index (χ3v) is 4.63. The Kier molecular flexibility index (Phi) is 8.14. The smallest absolute Gasteiger partial charge is 0.266 e. The zero-order valence-corrected chi connectivity index (χ0v) is 13.9. The van der Waals surface area contributed by atoms with Gasteiger partial charge in [-0.15, -0.1) is 0 Å². The molecule has 0 N–H and O–H groups in total. The van der Waals surface area contributed by atoms with Crippen molar-refractivity contribution in [2.75, 3.05) is 19.8 Å². The fourth-order valence-corrected chi connectivity index (χ4v) is 2.30. The molecule has 0 aliphatic carbocycles. The molecule has 0 aliphatic heterocycles. The van der Waals surface area contributed by atoms with E-state index in [0.717, 1.165) is 0 Å². The van der Waals surface area contributed by atoms with Gasteiger partial charge in [-0.2, -0.15) is 25.3 Å². The average Bonchev–Trinajstić information content (AvgIpc) is 2.46. The van der Waals surface area contributed by atoms with Crippen molar-refractivity contribution in [2.24, 2.45) is 5.92 Å². The van der Waals surface area contributed by atoms with E-state index in [-0.39, 0.29) is 0 Å². The molecule has 12 heteroatoms. The first-order valence-electron chi connectivity index (χ1n) is 5.52. The standard InChI is InChI=1S/C10H16O9S3/c1-4-20(11,12)17-7-10(8-18-21(13,14)5-2)9-19-22(15,16)6-3/h4-6,10H,1-3,7-9H2. The molecule has 0 aliphatic rings. The highest BCUT2D eigenvalue weighted by atomic mass is 32.2. The quantitative estimate of drug-likeness (QED) is 0.434. The fraction of sp³-hybridized carbons (Fsp3) is 0.400. The molecular weight excluding hydrogens is 360 g/mol. The summed E-state index contributed by atoms with van der Waals surface area (Å²) < 4.78 is 80.2. The number of hydrogen-bond acceptors (Lipinski definition) is 9. The van der Waals surface area contributed by atoms with Gasteiger partial charge < -0.3 is 0 Å². The van der Waals surface area contributed by atoms with Crippen molar-refractivity contribution >= 4 is 30.4 Å². The monoisotopic (exact) mass is 376 g/mol. The Labute approximate surface area is 130 Å². The summed E-state index contributed by atoms with van der Waals surface area (Å²) in [7, 11) is -12.1. The zero-order chi connectivity index (χ0) is 17.4. The SMILES string of the molecule is C=CS(=O)(=O)OCC(COS(=O)(=O)C=C)COS(=O)(=O)C=C. The molecule has 0 saturated carbocycles. The van der Waals surface area contributed by atoms with Crippen LogP contribution in [0.25, 0.3) is 0 Å². The Morgan fingerprint density at radius 2 is 0.864 bits per heavy atom. The first-order chi connectivity index (χ1) is 9.97. The number of hydrogen-bond donors (Lipinski definition) is 0. The minimum Gasteiger partial charge on any atom is -0.266 e. The summed E-state index contributed by atoms with van der Waals surface area (Å²) in [6.45, 7) is 7.31. The molecule has 0 heterocycles. The van der Waals surface area contributed by atoms with Crippen LogP contribution in [-0.4, -0.2) is 45.1 Å². The fourth-order valence-electron chi connectivity index (χ4n) is 0.862. The highest BCUT2D eigenvalue weighted by Gasteiger charge is 2.20. The van der Waals surface area contributed by atoms with Crippen molar-refractivity contribution in [3.63, 3.8) is 0 Å². The highest BCUT2D eigenvalue weighted by Crippen LogP contribution is 2.09. The predicted molar refractivity (Wildman–Crippen MR) is 78.7 cm³/mol. The lowest BCUT2D eigenvalue weighted by Crippen LogP contribution is -2.25. The van der Waals surface area contributed by atoms with Gasteiger partial charge in [0.2, 0.25) is 0 Å². The van der Waals surface area contributed by atoms with E-state index in [4.69, 9.17) is 0 Å². The lowest BCUT2D eigenvalue weighted by Gasteiger charge is -2.15. The zero-order valence-electron chi connectivity index (χ0n) is 11.5. The molecule has 0 unspecified atom stereocenters. The molecule has 9 nitrogen and oxygen atoms in total. The second-order valence-electron chi connectivity index (χ2n) is 3.70. The van der Waals surface area contributed by atoms with E-state index in [9.17, 15) is 25.3 Å². The second kappa shape index (κ2) is 8.55. The molecule has 0 aromatic rings. The van der Waals surface area contributed by atoms with E-state index in [1.807, 2.05) is 0 Å². The van der Waals surface area contributed by atoms with Gasteiger partial charge in [-0.3, -0.25) is 12.5 Å². The van der Waals surface area contributed by atoms with Gasteiger partial charge in [0.25, 0.3) is 30.4 Å². The maximum atomic E-state index is 11.1. The maximum absolute atomic E-state index is 11.1. The Morgan fingerprint density at radius 1 is 0.636 bits per heavy atom. The normalized spacial score (nSPS) is 13.0. The third-order valence-electron chi connectivity index (χ3n) is 2.02. The van der Waals surface area contributed by atoms with Crippen LogP contribution < -0.4 is 0 Å². The van der Waals surface area contributed by atoms with Gasteiger partial charge in [0, 0.05) is 5.92 Å². The first kappa shape index (κ1) is 20.9. The molecule has 22 heavy (non-hydrogen) atoms. The average molecular weight is 376 g/mol. The minimum atomic E-state index is -4.02. The van der Waals surface area contributed by atoms with Gasteiger partial charge in [-0.1, -0.05) is 19.7 Å². The van der Waals surface area contributed by atoms with E-state index in [2.05, 4.69) is 32.3 Å². The van der Waals surface area contributed by atoms with Gasteiger partial charge in [-0.25, -0.2) is 0 Å². The molecule has 0 atom stereocenters. The molecule has 0 radical (unpaired) electrons. The van der Waals surface area contributed by atoms with Crippen LogP contribution in [0.2, 0.25) is 0 Å². The van der Waals surface area contributed by atoms with Crippen LogP contribution >= 0.6 is 0 Å². The van der Waals surface area contributed by atoms with Crippen molar-refractivity contribution in [1.82, 2.24) is 0 Å². The van der Waals surface area contributed by atoms with Crippen LogP contribution in [0.1, 0.15) is 0 Å². The Morgan fingerprint density at radius 3 is 1.05 bits per heavy atom. The van der Waals surface area contributed by atoms with Gasteiger partial charge in [0.05, 0.1) is 36.0 Å². The van der Waals surface area contributed by atoms with Gasteiger partial charge >= 0.3 is 0 Å². The maximum Gasteiger partial charge on any atom is 0.289 e. The number of rotatable bonds is 12. The molecule has 0 spiro atoms. The predicted octanol–water partition coefficient (Wildman–Crippen LogP) is 0.0723. The van der Waals surface area contributed by atoms with E-state index in [1.54, 1.807) is 0 Å². The van der Waals surface area contributed by atoms with Crippen molar-refractivity contribution < 1.29 is 37.8 Å². The van der Waals surface area contributed by atoms with Crippen LogP contribution in [0.15, 0.2) is 36.0 Å². The molecule has 128 valence electrons. The molecule has 0 bridgehead atoms. The Balaban J connectivity index is 4.86. The van der Waals surface area contributed by atoms with Crippen LogP contribution in [0.4, 0.5) is 0 Å². The summed E-state index contributed by atoms with van der Waals surface area (Å²) in [6.07, 6.45) is 0. The summed E-state index contributed by atoms with van der Waals surface area (Å²) in [5.41, 5.74) is 0. The van der Waals surface area contributed by atoms with Gasteiger partial charge in [0.15, 0.2) is 0 Å². The van der Waals surface area contributed by atoms with E-state index >= 15 is 0 Å². The highest BCUT2D eigenvalue weighted by molar-refractivity contribution is 7.90. The van der Waals surface area contributed by atoms with Crippen LogP contribution in [0.5, 0.6) is 0 Å². The Bertz CT molecular complexity index is 601. The van der Waals surface area contributed by atoms with Crippen LogP contribution in [0, 0.1) is 5.92 Å². The summed E-state index contributed by atoms with van der Waals surface area (Å²) in [6, 6.07) is 0. The molecule has 0 amide bonds. The topological polar surface area (TPSA) is 130 Å². The van der Waals surface area contributed by atoms with Crippen molar-refractivity contribution in [2.45, 2.75) is 0 Å². The lowest BCUT2D eigenvalue weighted by atomic mass is 10.2. The van der Waals surface area contributed by atoms with Gasteiger partial charge in [-0.05, 0) is 0 Å². The van der Waals surface area contributed by atoms with Crippen LogP contribution in [-0.2, 0) is 42.9 Å². The Hall–Kier alpha value is -1.05. The van der Waals surface area contributed by atoms with E-state index in [0.29, 0.717) is 16.2 Å². The van der Waals surface area contributed by atoms with Crippen LogP contribution in [0.3, 0.4) is 0 Å². The largest absolute Gasteiger partial charge is 0.289 e. The second-order valence-corrected chi connectivity index (χ2v) is 8.36. The minimum absolute atomic E-state index is 0.534. The molecular formula is C10H16O9S3. The lowest BCUT2D eigenvalue weighted by molar-refractivity contribution is 0.138. The molecule has 0 saturated heterocycles. The summed E-state index contributed by atoms with van der Waals surface area (Å²) >= 11 is 0. The van der Waals surface area contributed by atoms with Crippen molar-refractivity contribution in [3.8, 4) is 0 Å². The molecule has 0 aromatic carbocycles. The third kappa shape index (κ3) is 9.07. The summed E-state index contributed by atoms with van der Waals surface area (Å²) in [5, 5.41) is 1.60. The van der Waals surface area contributed by atoms with Crippen molar-refractivity contribution in [1.29, 1.82) is 0 Å². The molecule has 0 aromatic heterocycles. The first-order valence-corrected chi connectivity index (χ1v) is 9.94.